The number of aliphatic imine (C=N–C) groups is 1. The van der Waals surface area contributed by atoms with Gasteiger partial charge in [0.1, 0.15) is 5.82 Å². The molecule has 1 aromatic heterocycles. The Bertz CT molecular complexity index is 1500. The standard InChI is InChI=1S/C33H43FN6O/c1-20-18-39(13-12-35-20)32(38-29-16-24-15-28(22(29)3)33(24,4)5)37-26-10-11-27-30(17-26)36-19-40(31(27)41)21(2)14-23-6-8-25(34)9-7-23/h6-11,17,19-22,24,28-29,35H,12-16,18H2,1-5H3,(H,37,38)/t20-,21+,22-,24-,28+,29-/m0/s1. The van der Waals surface area contributed by atoms with E-state index in [-0.39, 0.29) is 17.4 Å². The highest BCUT2D eigenvalue weighted by molar-refractivity contribution is 5.96. The summed E-state index contributed by atoms with van der Waals surface area (Å²) in [6.07, 6.45) is 4.73. The number of hydrogen-bond acceptors (Lipinski definition) is 4. The molecule has 2 aromatic carbocycles. The Morgan fingerprint density at radius 2 is 1.98 bits per heavy atom. The lowest BCUT2D eigenvalue weighted by Crippen LogP contribution is -2.57. The third-order valence-electron chi connectivity index (χ3n) is 10.2. The molecule has 1 saturated heterocycles. The molecule has 0 unspecified atom stereocenters. The van der Waals surface area contributed by atoms with Gasteiger partial charge in [0.25, 0.3) is 5.56 Å². The SMILES string of the molecule is C[C@@H]1[C@@H](N=C(Nc2ccc3c(=O)n([C@H](C)Cc4ccc(F)cc4)cnc3c2)N2CCN[C@@H](C)C2)C[C@@H]2C[C@H]1C2(C)C. The zero-order valence-electron chi connectivity index (χ0n) is 24.9. The number of fused-ring (bicyclic) bond motifs is 3. The maximum atomic E-state index is 13.4. The molecule has 218 valence electrons. The molecule has 2 bridgehead atoms. The Morgan fingerprint density at radius 1 is 1.20 bits per heavy atom. The molecule has 7 nitrogen and oxygen atoms in total. The van der Waals surface area contributed by atoms with Crippen LogP contribution in [0.2, 0.25) is 0 Å². The lowest BCUT2D eigenvalue weighted by Gasteiger charge is -2.61. The molecule has 4 fully saturated rings. The van der Waals surface area contributed by atoms with Gasteiger partial charge in [-0.05, 0) is 92.2 Å². The van der Waals surface area contributed by atoms with Crippen LogP contribution in [-0.4, -0.2) is 52.1 Å². The smallest absolute Gasteiger partial charge is 0.261 e. The third-order valence-corrected chi connectivity index (χ3v) is 10.2. The zero-order valence-corrected chi connectivity index (χ0v) is 24.9. The third kappa shape index (κ3) is 5.39. The molecule has 8 heteroatoms. The van der Waals surface area contributed by atoms with Gasteiger partial charge in [-0.2, -0.15) is 0 Å². The van der Waals surface area contributed by atoms with Crippen molar-refractivity contribution in [1.82, 2.24) is 19.8 Å². The molecule has 0 radical (unpaired) electrons. The molecule has 3 saturated carbocycles. The minimum atomic E-state index is -0.260. The Balaban J connectivity index is 1.25. The van der Waals surface area contributed by atoms with Crippen LogP contribution >= 0.6 is 0 Å². The second-order valence-corrected chi connectivity index (χ2v) is 13.3. The Morgan fingerprint density at radius 3 is 2.68 bits per heavy atom. The average Bonchev–Trinajstić information content (AvgIpc) is 2.94. The van der Waals surface area contributed by atoms with E-state index in [1.54, 1.807) is 23.0 Å². The molecule has 0 spiro atoms. The van der Waals surface area contributed by atoms with Gasteiger partial charge < -0.3 is 15.5 Å². The van der Waals surface area contributed by atoms with Gasteiger partial charge >= 0.3 is 0 Å². The number of rotatable bonds is 5. The van der Waals surface area contributed by atoms with Crippen molar-refractivity contribution in [1.29, 1.82) is 0 Å². The molecule has 4 aliphatic rings. The summed E-state index contributed by atoms with van der Waals surface area (Å²) >= 11 is 0. The van der Waals surface area contributed by atoms with Crippen molar-refractivity contribution < 1.29 is 4.39 Å². The molecule has 2 N–H and O–H groups in total. The van der Waals surface area contributed by atoms with Crippen molar-refractivity contribution in [2.75, 3.05) is 25.0 Å². The molecule has 6 atom stereocenters. The summed E-state index contributed by atoms with van der Waals surface area (Å²) in [5, 5.41) is 7.77. The van der Waals surface area contributed by atoms with Crippen LogP contribution in [0.15, 0.2) is 58.6 Å². The van der Waals surface area contributed by atoms with Crippen LogP contribution in [0.25, 0.3) is 10.9 Å². The first kappa shape index (κ1) is 27.9. The van der Waals surface area contributed by atoms with E-state index in [0.29, 0.717) is 40.7 Å². The Labute approximate surface area is 242 Å². The lowest BCUT2D eigenvalue weighted by atomic mass is 9.45. The van der Waals surface area contributed by atoms with E-state index in [0.717, 1.165) is 55.1 Å². The topological polar surface area (TPSA) is 74.5 Å². The summed E-state index contributed by atoms with van der Waals surface area (Å²) in [5.41, 5.74) is 2.88. The van der Waals surface area contributed by atoms with Crippen LogP contribution in [0.5, 0.6) is 0 Å². The number of nitrogens with zero attached hydrogens (tertiary/aromatic N) is 4. The highest BCUT2D eigenvalue weighted by Gasteiger charge is 2.56. The molecule has 7 rings (SSSR count). The molecule has 3 aliphatic carbocycles. The molecule has 2 heterocycles. The van der Waals surface area contributed by atoms with Gasteiger partial charge in [0.05, 0.1) is 23.3 Å². The van der Waals surface area contributed by atoms with E-state index in [1.165, 1.54) is 18.6 Å². The normalized spacial score (nSPS) is 28.3. The highest BCUT2D eigenvalue weighted by atomic mass is 19.1. The van der Waals surface area contributed by atoms with Crippen LogP contribution < -0.4 is 16.2 Å². The quantitative estimate of drug-likeness (QED) is 0.321. The highest BCUT2D eigenvalue weighted by Crippen LogP contribution is 2.61. The minimum Gasteiger partial charge on any atom is -0.340 e. The summed E-state index contributed by atoms with van der Waals surface area (Å²) < 4.78 is 15.0. The molecule has 0 amide bonds. The monoisotopic (exact) mass is 558 g/mol. The summed E-state index contributed by atoms with van der Waals surface area (Å²) in [5.74, 6) is 2.70. The molecule has 41 heavy (non-hydrogen) atoms. The first-order chi connectivity index (χ1) is 19.6. The van der Waals surface area contributed by atoms with Crippen molar-refractivity contribution in [2.45, 2.75) is 72.0 Å². The van der Waals surface area contributed by atoms with Gasteiger partial charge in [-0.25, -0.2) is 14.4 Å². The van der Waals surface area contributed by atoms with Gasteiger partial charge in [0.2, 0.25) is 0 Å². The molecular formula is C33H43FN6O. The number of aromatic nitrogens is 2. The first-order valence-electron chi connectivity index (χ1n) is 15.2. The maximum Gasteiger partial charge on any atom is 0.261 e. The van der Waals surface area contributed by atoms with E-state index in [4.69, 9.17) is 4.99 Å². The largest absolute Gasteiger partial charge is 0.340 e. The van der Waals surface area contributed by atoms with Crippen molar-refractivity contribution in [3.8, 4) is 0 Å². The number of halogens is 1. The van der Waals surface area contributed by atoms with Gasteiger partial charge in [-0.15, -0.1) is 0 Å². The average molecular weight is 559 g/mol. The maximum absolute atomic E-state index is 13.4. The second kappa shape index (κ2) is 10.9. The van der Waals surface area contributed by atoms with Crippen molar-refractivity contribution in [2.24, 2.45) is 28.2 Å². The fourth-order valence-corrected chi connectivity index (χ4v) is 7.48. The Kier molecular flexibility index (Phi) is 7.39. The summed E-state index contributed by atoms with van der Waals surface area (Å²) in [6, 6.07) is 12.8. The van der Waals surface area contributed by atoms with Crippen LogP contribution in [0.3, 0.4) is 0 Å². The number of anilines is 1. The van der Waals surface area contributed by atoms with Gasteiger partial charge in [-0.3, -0.25) is 9.36 Å². The van der Waals surface area contributed by atoms with Crippen molar-refractivity contribution in [3.63, 3.8) is 0 Å². The van der Waals surface area contributed by atoms with Crippen molar-refractivity contribution in [3.05, 3.63) is 70.5 Å². The van der Waals surface area contributed by atoms with Gasteiger partial charge in [-0.1, -0.05) is 32.9 Å². The fraction of sp³-hybridized carbons (Fsp3) is 0.545. The van der Waals surface area contributed by atoms with Crippen LogP contribution in [0, 0.1) is 29.0 Å². The van der Waals surface area contributed by atoms with E-state index in [9.17, 15) is 9.18 Å². The van der Waals surface area contributed by atoms with E-state index in [1.807, 2.05) is 25.1 Å². The molecular weight excluding hydrogens is 515 g/mol. The van der Waals surface area contributed by atoms with Crippen LogP contribution in [0.1, 0.15) is 59.1 Å². The lowest BCUT2D eigenvalue weighted by molar-refractivity contribution is -0.108. The van der Waals surface area contributed by atoms with E-state index >= 15 is 0 Å². The number of guanidine groups is 1. The van der Waals surface area contributed by atoms with Gasteiger partial charge in [0.15, 0.2) is 5.96 Å². The van der Waals surface area contributed by atoms with E-state index in [2.05, 4.69) is 48.2 Å². The predicted molar refractivity (Wildman–Crippen MR) is 164 cm³/mol. The Hall–Kier alpha value is -3.26. The number of benzene rings is 2. The number of hydrogen-bond donors (Lipinski definition) is 2. The molecule has 3 aromatic rings. The minimum absolute atomic E-state index is 0.0705. The fourth-order valence-electron chi connectivity index (χ4n) is 7.48. The number of piperazine rings is 1. The predicted octanol–water partition coefficient (Wildman–Crippen LogP) is 5.47. The zero-order chi connectivity index (χ0) is 28.9. The van der Waals surface area contributed by atoms with E-state index < -0.39 is 0 Å². The molecule has 1 aliphatic heterocycles. The van der Waals surface area contributed by atoms with Crippen LogP contribution in [0.4, 0.5) is 10.1 Å². The van der Waals surface area contributed by atoms with Crippen molar-refractivity contribution >= 4 is 22.5 Å². The second-order valence-electron chi connectivity index (χ2n) is 13.3. The van der Waals surface area contributed by atoms with Crippen LogP contribution in [-0.2, 0) is 6.42 Å². The van der Waals surface area contributed by atoms with Gasteiger partial charge in [0, 0.05) is 37.4 Å². The summed E-state index contributed by atoms with van der Waals surface area (Å²) in [4.78, 5) is 25.8. The summed E-state index contributed by atoms with van der Waals surface area (Å²) in [6.45, 7) is 14.2. The number of nitrogens with one attached hydrogen (secondary N) is 2. The first-order valence-corrected chi connectivity index (χ1v) is 15.2. The summed E-state index contributed by atoms with van der Waals surface area (Å²) in [7, 11) is 0.